The molecule has 1 aromatic carbocycles. The van der Waals surface area contributed by atoms with Gasteiger partial charge in [0.25, 0.3) is 5.91 Å². The van der Waals surface area contributed by atoms with Crippen molar-refractivity contribution in [3.05, 3.63) is 34.9 Å². The molecule has 0 saturated heterocycles. The van der Waals surface area contributed by atoms with Crippen LogP contribution in [0.5, 0.6) is 0 Å². The fraction of sp³-hybridized carbons (Fsp3) is 0.556. The Balaban J connectivity index is 2.77. The molecule has 1 atom stereocenters. The summed E-state index contributed by atoms with van der Waals surface area (Å²) in [6.45, 7) is 7.49. The SMILES string of the molecule is CCCCC(N)(NC(=O)OC(C)(C)C)C(=O)NCc1cccc(Cl)c1. The molecular formula is C18H28ClN3O3. The topological polar surface area (TPSA) is 93.4 Å². The third-order valence-corrected chi connectivity index (χ3v) is 3.63. The molecule has 0 aliphatic carbocycles. The number of nitrogens with one attached hydrogen (secondary N) is 2. The Morgan fingerprint density at radius 1 is 1.28 bits per heavy atom. The van der Waals surface area contributed by atoms with E-state index in [9.17, 15) is 9.59 Å². The van der Waals surface area contributed by atoms with Gasteiger partial charge >= 0.3 is 6.09 Å². The van der Waals surface area contributed by atoms with E-state index in [0.717, 1.165) is 12.0 Å². The summed E-state index contributed by atoms with van der Waals surface area (Å²) in [4.78, 5) is 24.6. The number of ether oxygens (including phenoxy) is 1. The number of carbonyl (C=O) groups is 2. The van der Waals surface area contributed by atoms with Crippen LogP contribution in [0, 0.1) is 0 Å². The molecule has 0 spiro atoms. The highest BCUT2D eigenvalue weighted by molar-refractivity contribution is 6.30. The van der Waals surface area contributed by atoms with Gasteiger partial charge in [-0.25, -0.2) is 4.79 Å². The lowest BCUT2D eigenvalue weighted by atomic mass is 10.0. The third kappa shape index (κ3) is 7.75. The summed E-state index contributed by atoms with van der Waals surface area (Å²) in [6.07, 6.45) is 1.13. The molecule has 1 aromatic rings. The Morgan fingerprint density at radius 2 is 1.96 bits per heavy atom. The maximum atomic E-state index is 12.6. The Hall–Kier alpha value is -1.79. The zero-order valence-corrected chi connectivity index (χ0v) is 16.1. The zero-order chi connectivity index (χ0) is 19.1. The summed E-state index contributed by atoms with van der Waals surface area (Å²) in [5.74, 6) is -0.466. The van der Waals surface area contributed by atoms with E-state index in [1.807, 2.05) is 13.0 Å². The van der Waals surface area contributed by atoms with Gasteiger partial charge in [-0.3, -0.25) is 10.1 Å². The van der Waals surface area contributed by atoms with Crippen LogP contribution in [0.2, 0.25) is 5.02 Å². The van der Waals surface area contributed by atoms with Gasteiger partial charge in [0.05, 0.1) is 0 Å². The second-order valence-electron chi connectivity index (χ2n) is 7.01. The average Bonchev–Trinajstić information content (AvgIpc) is 2.48. The van der Waals surface area contributed by atoms with Crippen LogP contribution in [-0.4, -0.2) is 23.3 Å². The molecule has 0 saturated carbocycles. The molecular weight excluding hydrogens is 342 g/mol. The van der Waals surface area contributed by atoms with Crippen molar-refractivity contribution >= 4 is 23.6 Å². The maximum absolute atomic E-state index is 12.6. The van der Waals surface area contributed by atoms with Gasteiger partial charge in [-0.15, -0.1) is 0 Å². The number of carbonyl (C=O) groups excluding carboxylic acids is 2. The number of alkyl carbamates (subject to hydrolysis) is 1. The quantitative estimate of drug-likeness (QED) is 0.642. The number of hydrogen-bond acceptors (Lipinski definition) is 4. The minimum atomic E-state index is -1.53. The van der Waals surface area contributed by atoms with Crippen molar-refractivity contribution in [3.8, 4) is 0 Å². The van der Waals surface area contributed by atoms with Gasteiger partial charge in [-0.2, -0.15) is 0 Å². The molecule has 0 radical (unpaired) electrons. The zero-order valence-electron chi connectivity index (χ0n) is 15.3. The Bertz CT molecular complexity index is 601. The first kappa shape index (κ1) is 21.3. The molecule has 0 aliphatic heterocycles. The van der Waals surface area contributed by atoms with Crippen LogP contribution in [0.3, 0.4) is 0 Å². The number of unbranched alkanes of at least 4 members (excludes halogenated alkanes) is 1. The van der Waals surface area contributed by atoms with Gasteiger partial charge in [0.1, 0.15) is 5.60 Å². The minimum absolute atomic E-state index is 0.264. The summed E-state index contributed by atoms with van der Waals surface area (Å²) in [6, 6.07) is 7.16. The second kappa shape index (κ2) is 9.06. The number of nitrogens with two attached hydrogens (primary N) is 1. The molecule has 25 heavy (non-hydrogen) atoms. The predicted molar refractivity (Wildman–Crippen MR) is 99.1 cm³/mol. The molecule has 0 aliphatic rings. The Morgan fingerprint density at radius 3 is 2.52 bits per heavy atom. The molecule has 6 nitrogen and oxygen atoms in total. The minimum Gasteiger partial charge on any atom is -0.444 e. The molecule has 0 aromatic heterocycles. The van der Waals surface area contributed by atoms with E-state index in [0.29, 0.717) is 17.9 Å². The van der Waals surface area contributed by atoms with E-state index in [-0.39, 0.29) is 6.54 Å². The van der Waals surface area contributed by atoms with E-state index < -0.39 is 23.3 Å². The van der Waals surface area contributed by atoms with Gasteiger partial charge in [-0.05, 0) is 51.3 Å². The first-order valence-corrected chi connectivity index (χ1v) is 8.76. The lowest BCUT2D eigenvalue weighted by Gasteiger charge is -2.30. The van der Waals surface area contributed by atoms with Crippen LogP contribution in [-0.2, 0) is 16.1 Å². The number of hydrogen-bond donors (Lipinski definition) is 3. The van der Waals surface area contributed by atoms with Crippen LogP contribution < -0.4 is 16.4 Å². The highest BCUT2D eigenvalue weighted by Gasteiger charge is 2.36. The van der Waals surface area contributed by atoms with E-state index in [4.69, 9.17) is 22.1 Å². The molecule has 0 fully saturated rings. The van der Waals surface area contributed by atoms with Gasteiger partial charge in [0, 0.05) is 11.6 Å². The highest BCUT2D eigenvalue weighted by Crippen LogP contribution is 2.14. The number of amides is 2. The monoisotopic (exact) mass is 369 g/mol. The van der Waals surface area contributed by atoms with Gasteiger partial charge in [0.15, 0.2) is 5.66 Å². The summed E-state index contributed by atoms with van der Waals surface area (Å²) in [5, 5.41) is 5.85. The maximum Gasteiger partial charge on any atom is 0.409 e. The van der Waals surface area contributed by atoms with Crippen molar-refractivity contribution in [1.82, 2.24) is 10.6 Å². The summed E-state index contributed by atoms with van der Waals surface area (Å²) in [7, 11) is 0. The standard InChI is InChI=1S/C18H28ClN3O3/c1-5-6-10-18(20,22-16(24)25-17(2,3)4)15(23)21-12-13-8-7-9-14(19)11-13/h7-9,11H,5-6,10,12,20H2,1-4H3,(H,21,23)(H,22,24). The molecule has 0 heterocycles. The second-order valence-corrected chi connectivity index (χ2v) is 7.45. The third-order valence-electron chi connectivity index (χ3n) is 3.40. The molecule has 140 valence electrons. The first-order chi connectivity index (χ1) is 11.6. The normalized spacial score (nSPS) is 13.7. The fourth-order valence-corrected chi connectivity index (χ4v) is 2.37. The van der Waals surface area contributed by atoms with Gasteiger partial charge < -0.3 is 15.8 Å². The predicted octanol–water partition coefficient (Wildman–Crippen LogP) is 3.33. The molecule has 4 N–H and O–H groups in total. The van der Waals surface area contributed by atoms with Crippen molar-refractivity contribution < 1.29 is 14.3 Å². The molecule has 0 bridgehead atoms. The lowest BCUT2D eigenvalue weighted by Crippen LogP contribution is -2.65. The Kier molecular flexibility index (Phi) is 7.70. The van der Waals surface area contributed by atoms with Gasteiger partial charge in [-0.1, -0.05) is 37.1 Å². The molecule has 1 unspecified atom stereocenters. The molecule has 2 amide bonds. The van der Waals surface area contributed by atoms with Crippen molar-refractivity contribution in [2.24, 2.45) is 5.73 Å². The van der Waals surface area contributed by atoms with Crippen LogP contribution in [0.1, 0.15) is 52.5 Å². The summed E-state index contributed by atoms with van der Waals surface area (Å²) >= 11 is 5.94. The van der Waals surface area contributed by atoms with Crippen molar-refractivity contribution in [2.45, 2.75) is 64.8 Å². The fourth-order valence-electron chi connectivity index (χ4n) is 2.16. The van der Waals surface area contributed by atoms with E-state index in [1.165, 1.54) is 0 Å². The lowest BCUT2D eigenvalue weighted by molar-refractivity contribution is -0.128. The number of rotatable bonds is 7. The van der Waals surface area contributed by atoms with Crippen molar-refractivity contribution in [1.29, 1.82) is 0 Å². The van der Waals surface area contributed by atoms with E-state index >= 15 is 0 Å². The van der Waals surface area contributed by atoms with Crippen LogP contribution >= 0.6 is 11.6 Å². The highest BCUT2D eigenvalue weighted by atomic mass is 35.5. The summed E-state index contributed by atoms with van der Waals surface area (Å²) < 4.78 is 5.21. The number of halogens is 1. The van der Waals surface area contributed by atoms with E-state index in [2.05, 4.69) is 10.6 Å². The first-order valence-electron chi connectivity index (χ1n) is 8.38. The Labute approximate surface area is 154 Å². The molecule has 1 rings (SSSR count). The number of benzene rings is 1. The summed E-state index contributed by atoms with van der Waals surface area (Å²) in [5.41, 5.74) is 4.83. The van der Waals surface area contributed by atoms with Gasteiger partial charge in [0.2, 0.25) is 0 Å². The van der Waals surface area contributed by atoms with Crippen LogP contribution in [0.25, 0.3) is 0 Å². The smallest absolute Gasteiger partial charge is 0.409 e. The van der Waals surface area contributed by atoms with E-state index in [1.54, 1.807) is 39.0 Å². The van der Waals surface area contributed by atoms with Crippen LogP contribution in [0.4, 0.5) is 4.79 Å². The molecule has 7 heteroatoms. The average molecular weight is 370 g/mol. The van der Waals surface area contributed by atoms with Crippen LogP contribution in [0.15, 0.2) is 24.3 Å². The van der Waals surface area contributed by atoms with Crippen molar-refractivity contribution in [2.75, 3.05) is 0 Å². The largest absolute Gasteiger partial charge is 0.444 e. The van der Waals surface area contributed by atoms with Crippen molar-refractivity contribution in [3.63, 3.8) is 0 Å².